The number of hydrogen-bond acceptors (Lipinski definition) is 3. The van der Waals surface area contributed by atoms with Crippen LogP contribution in [0.2, 0.25) is 0 Å². The van der Waals surface area contributed by atoms with Crippen LogP contribution in [0, 0.1) is 0 Å². The molecule has 0 atom stereocenters. The number of rotatable bonds is 4. The molecule has 0 aliphatic carbocycles. The van der Waals surface area contributed by atoms with Gasteiger partial charge in [-0.2, -0.15) is 0 Å². The van der Waals surface area contributed by atoms with E-state index in [-0.39, 0.29) is 5.97 Å². The number of nitrogens with one attached hydrogen (secondary N) is 1. The predicted molar refractivity (Wildman–Crippen MR) is 84.4 cm³/mol. The molecule has 0 unspecified atom stereocenters. The van der Waals surface area contributed by atoms with Gasteiger partial charge in [0.05, 0.1) is 20.1 Å². The molecule has 0 bridgehead atoms. The Morgan fingerprint density at radius 1 is 1.24 bits per heavy atom. The molecule has 21 heavy (non-hydrogen) atoms. The number of anilines is 1. The number of hydrogen-bond donors (Lipinski definition) is 1. The number of aliphatic imine (C=N–C) groups is 1. The SMILES string of the molecule is COC(=O)CCN=C(Nc1ccccc1)N1CCCCC1. The van der Waals surface area contributed by atoms with E-state index in [1.807, 2.05) is 30.3 Å². The summed E-state index contributed by atoms with van der Waals surface area (Å²) in [5.74, 6) is 0.626. The van der Waals surface area contributed by atoms with Gasteiger partial charge in [0.2, 0.25) is 0 Å². The molecule has 1 fully saturated rings. The Hall–Kier alpha value is -2.04. The first kappa shape index (κ1) is 15.4. The standard InChI is InChI=1S/C16H23N3O2/c1-21-15(20)10-11-17-16(19-12-6-3-7-13-19)18-14-8-4-2-5-9-14/h2,4-5,8-9H,3,6-7,10-13H2,1H3,(H,17,18). The first-order valence-electron chi connectivity index (χ1n) is 7.48. The third kappa shape index (κ3) is 5.10. The van der Waals surface area contributed by atoms with E-state index >= 15 is 0 Å². The molecule has 0 saturated carbocycles. The number of ether oxygens (including phenoxy) is 1. The van der Waals surface area contributed by atoms with E-state index in [0.29, 0.717) is 13.0 Å². The summed E-state index contributed by atoms with van der Waals surface area (Å²) in [6, 6.07) is 9.99. The highest BCUT2D eigenvalue weighted by Gasteiger charge is 2.15. The van der Waals surface area contributed by atoms with Gasteiger partial charge in [0, 0.05) is 18.8 Å². The number of nitrogens with zero attached hydrogens (tertiary/aromatic N) is 2. The molecule has 1 saturated heterocycles. The molecular formula is C16H23N3O2. The fourth-order valence-electron chi connectivity index (χ4n) is 2.33. The molecular weight excluding hydrogens is 266 g/mol. The molecule has 1 aliphatic heterocycles. The van der Waals surface area contributed by atoms with Crippen LogP contribution in [0.25, 0.3) is 0 Å². The summed E-state index contributed by atoms with van der Waals surface area (Å²) in [7, 11) is 1.40. The molecule has 5 heteroatoms. The van der Waals surface area contributed by atoms with Gasteiger partial charge in [-0.05, 0) is 31.4 Å². The molecule has 0 spiro atoms. The van der Waals surface area contributed by atoms with Crippen molar-refractivity contribution in [3.8, 4) is 0 Å². The second-order valence-corrected chi connectivity index (χ2v) is 5.07. The Morgan fingerprint density at radius 3 is 2.62 bits per heavy atom. The minimum Gasteiger partial charge on any atom is -0.469 e. The third-order valence-electron chi connectivity index (χ3n) is 3.49. The second-order valence-electron chi connectivity index (χ2n) is 5.07. The Kier molecular flexibility index (Phi) is 6.06. The van der Waals surface area contributed by atoms with Crippen LogP contribution in [0.5, 0.6) is 0 Å². The number of piperidine rings is 1. The highest BCUT2D eigenvalue weighted by molar-refractivity contribution is 5.93. The van der Waals surface area contributed by atoms with Crippen molar-refractivity contribution in [2.45, 2.75) is 25.7 Å². The Bertz CT molecular complexity index is 468. The summed E-state index contributed by atoms with van der Waals surface area (Å²) in [6.07, 6.45) is 3.96. The summed E-state index contributed by atoms with van der Waals surface area (Å²) in [6.45, 7) is 2.46. The third-order valence-corrected chi connectivity index (χ3v) is 3.49. The Morgan fingerprint density at radius 2 is 1.95 bits per heavy atom. The van der Waals surface area contributed by atoms with Crippen molar-refractivity contribution in [3.05, 3.63) is 30.3 Å². The lowest BCUT2D eigenvalue weighted by molar-refractivity contribution is -0.140. The average molecular weight is 289 g/mol. The van der Waals surface area contributed by atoms with Crippen molar-refractivity contribution in [2.75, 3.05) is 32.1 Å². The minimum absolute atomic E-state index is 0.226. The van der Waals surface area contributed by atoms with Gasteiger partial charge in [-0.15, -0.1) is 0 Å². The zero-order valence-electron chi connectivity index (χ0n) is 12.5. The van der Waals surface area contributed by atoms with E-state index in [1.165, 1.54) is 26.4 Å². The molecule has 5 nitrogen and oxygen atoms in total. The maximum Gasteiger partial charge on any atom is 0.307 e. The first-order valence-corrected chi connectivity index (χ1v) is 7.48. The Labute approximate surface area is 126 Å². The summed E-state index contributed by atoms with van der Waals surface area (Å²) < 4.78 is 4.65. The number of carbonyl (C=O) groups excluding carboxylic acids is 1. The van der Waals surface area contributed by atoms with Crippen LogP contribution < -0.4 is 5.32 Å². The largest absolute Gasteiger partial charge is 0.469 e. The molecule has 0 radical (unpaired) electrons. The number of carbonyl (C=O) groups is 1. The van der Waals surface area contributed by atoms with Gasteiger partial charge in [-0.3, -0.25) is 9.79 Å². The van der Waals surface area contributed by atoms with Gasteiger partial charge in [0.15, 0.2) is 5.96 Å². The molecule has 2 rings (SSSR count). The lowest BCUT2D eigenvalue weighted by atomic mass is 10.1. The molecule has 1 aliphatic rings. The molecule has 1 aromatic carbocycles. The maximum absolute atomic E-state index is 11.2. The van der Waals surface area contributed by atoms with E-state index in [2.05, 4.69) is 19.9 Å². The lowest BCUT2D eigenvalue weighted by Gasteiger charge is -2.30. The van der Waals surface area contributed by atoms with Crippen LogP contribution in [0.4, 0.5) is 5.69 Å². The number of guanidine groups is 1. The molecule has 1 N–H and O–H groups in total. The maximum atomic E-state index is 11.2. The average Bonchev–Trinajstić information content (AvgIpc) is 2.55. The van der Waals surface area contributed by atoms with Gasteiger partial charge in [-0.25, -0.2) is 0 Å². The second kappa shape index (κ2) is 8.29. The van der Waals surface area contributed by atoms with Crippen molar-refractivity contribution in [2.24, 2.45) is 4.99 Å². The molecule has 1 aromatic rings. The molecule has 114 valence electrons. The van der Waals surface area contributed by atoms with Gasteiger partial charge >= 0.3 is 5.97 Å². The van der Waals surface area contributed by atoms with Crippen LogP contribution in [0.15, 0.2) is 35.3 Å². The van der Waals surface area contributed by atoms with Crippen LogP contribution in [0.3, 0.4) is 0 Å². The van der Waals surface area contributed by atoms with Crippen molar-refractivity contribution in [3.63, 3.8) is 0 Å². The Balaban J connectivity index is 2.02. The quantitative estimate of drug-likeness (QED) is 0.526. The van der Waals surface area contributed by atoms with E-state index < -0.39 is 0 Å². The smallest absolute Gasteiger partial charge is 0.307 e. The zero-order chi connectivity index (χ0) is 14.9. The van der Waals surface area contributed by atoms with E-state index in [4.69, 9.17) is 0 Å². The minimum atomic E-state index is -0.226. The summed E-state index contributed by atoms with van der Waals surface area (Å²) >= 11 is 0. The van der Waals surface area contributed by atoms with Crippen LogP contribution in [-0.4, -0.2) is 43.6 Å². The van der Waals surface area contributed by atoms with E-state index in [0.717, 1.165) is 24.7 Å². The predicted octanol–water partition coefficient (Wildman–Crippen LogP) is 2.50. The normalized spacial score (nSPS) is 15.7. The van der Waals surface area contributed by atoms with Crippen molar-refractivity contribution < 1.29 is 9.53 Å². The number of benzene rings is 1. The van der Waals surface area contributed by atoms with Gasteiger partial charge in [-0.1, -0.05) is 18.2 Å². The molecule has 0 aromatic heterocycles. The zero-order valence-corrected chi connectivity index (χ0v) is 12.5. The van der Waals surface area contributed by atoms with Crippen molar-refractivity contribution in [1.29, 1.82) is 0 Å². The van der Waals surface area contributed by atoms with Crippen LogP contribution in [0.1, 0.15) is 25.7 Å². The number of methoxy groups -OCH3 is 1. The summed E-state index contributed by atoms with van der Waals surface area (Å²) in [5.41, 5.74) is 1.01. The van der Waals surface area contributed by atoms with E-state index in [9.17, 15) is 4.79 Å². The highest BCUT2D eigenvalue weighted by Crippen LogP contribution is 2.12. The summed E-state index contributed by atoms with van der Waals surface area (Å²) in [5, 5.41) is 3.36. The highest BCUT2D eigenvalue weighted by atomic mass is 16.5. The number of likely N-dealkylation sites (tertiary alicyclic amines) is 1. The van der Waals surface area contributed by atoms with Crippen molar-refractivity contribution >= 4 is 17.6 Å². The molecule has 0 amide bonds. The fourth-order valence-corrected chi connectivity index (χ4v) is 2.33. The van der Waals surface area contributed by atoms with E-state index in [1.54, 1.807) is 0 Å². The number of esters is 1. The van der Waals surface area contributed by atoms with Crippen molar-refractivity contribution in [1.82, 2.24) is 4.90 Å². The van der Waals surface area contributed by atoms with Gasteiger partial charge < -0.3 is 15.0 Å². The summed E-state index contributed by atoms with van der Waals surface area (Å²) in [4.78, 5) is 18.0. The molecule has 1 heterocycles. The van der Waals surface area contributed by atoms with Gasteiger partial charge in [0.1, 0.15) is 0 Å². The lowest BCUT2D eigenvalue weighted by Crippen LogP contribution is -2.40. The number of para-hydroxylation sites is 1. The topological polar surface area (TPSA) is 53.9 Å². The first-order chi connectivity index (χ1) is 10.3. The fraction of sp³-hybridized carbons (Fsp3) is 0.500. The van der Waals surface area contributed by atoms with Crippen LogP contribution in [-0.2, 0) is 9.53 Å². The van der Waals surface area contributed by atoms with Crippen LogP contribution >= 0.6 is 0 Å². The monoisotopic (exact) mass is 289 g/mol. The van der Waals surface area contributed by atoms with Gasteiger partial charge in [0.25, 0.3) is 0 Å².